The van der Waals surface area contributed by atoms with E-state index in [1.807, 2.05) is 31.2 Å². The molecule has 0 fully saturated rings. The Morgan fingerprint density at radius 2 is 2.11 bits per heavy atom. The number of hydrogen-bond donors (Lipinski definition) is 2. The third-order valence-electron chi connectivity index (χ3n) is 3.05. The molecule has 1 aromatic carbocycles. The van der Waals surface area contributed by atoms with E-state index in [0.717, 1.165) is 16.5 Å². The maximum atomic E-state index is 10.0. The standard InChI is InChI=1S/C14H14N2O2/c1-9-11(14(18)12(17)6-7-15)5-4-10-3-2-8-16-13(9)10/h2-5,8,12,14,17-18H,6H2,1H3. The van der Waals surface area contributed by atoms with Gasteiger partial charge in [-0.25, -0.2) is 0 Å². The van der Waals surface area contributed by atoms with E-state index >= 15 is 0 Å². The van der Waals surface area contributed by atoms with E-state index in [0.29, 0.717) is 5.56 Å². The van der Waals surface area contributed by atoms with Gasteiger partial charge in [0.25, 0.3) is 0 Å². The fourth-order valence-corrected chi connectivity index (χ4v) is 2.04. The number of aryl methyl sites for hydroxylation is 1. The lowest BCUT2D eigenvalue weighted by Crippen LogP contribution is -2.18. The maximum Gasteiger partial charge on any atom is 0.106 e. The van der Waals surface area contributed by atoms with E-state index in [-0.39, 0.29) is 6.42 Å². The highest BCUT2D eigenvalue weighted by Gasteiger charge is 2.20. The van der Waals surface area contributed by atoms with Gasteiger partial charge in [0.2, 0.25) is 0 Å². The smallest absolute Gasteiger partial charge is 0.106 e. The minimum atomic E-state index is -1.07. The number of fused-ring (bicyclic) bond motifs is 1. The first-order chi connectivity index (χ1) is 8.65. The summed E-state index contributed by atoms with van der Waals surface area (Å²) < 4.78 is 0. The molecule has 0 aliphatic carbocycles. The van der Waals surface area contributed by atoms with Crippen molar-refractivity contribution in [3.63, 3.8) is 0 Å². The summed E-state index contributed by atoms with van der Waals surface area (Å²) in [4.78, 5) is 4.27. The van der Waals surface area contributed by atoms with Crippen LogP contribution in [-0.4, -0.2) is 21.3 Å². The first-order valence-electron chi connectivity index (χ1n) is 5.72. The summed E-state index contributed by atoms with van der Waals surface area (Å²) in [6.07, 6.45) is -0.538. The number of nitrogens with zero attached hydrogens (tertiary/aromatic N) is 2. The molecule has 1 heterocycles. The summed E-state index contributed by atoms with van der Waals surface area (Å²) in [6, 6.07) is 9.26. The average molecular weight is 242 g/mol. The summed E-state index contributed by atoms with van der Waals surface area (Å²) in [5.41, 5.74) is 2.25. The molecule has 4 nitrogen and oxygen atoms in total. The summed E-state index contributed by atoms with van der Waals surface area (Å²) in [7, 11) is 0. The van der Waals surface area contributed by atoms with Crippen molar-refractivity contribution in [3.05, 3.63) is 41.6 Å². The molecular formula is C14H14N2O2. The van der Waals surface area contributed by atoms with Crippen LogP contribution in [0, 0.1) is 18.3 Å². The zero-order chi connectivity index (χ0) is 13.1. The van der Waals surface area contributed by atoms with Gasteiger partial charge in [-0.1, -0.05) is 18.2 Å². The van der Waals surface area contributed by atoms with Gasteiger partial charge in [0.15, 0.2) is 0 Å². The minimum absolute atomic E-state index is 0.0964. The monoisotopic (exact) mass is 242 g/mol. The molecule has 0 aliphatic rings. The van der Waals surface area contributed by atoms with Crippen LogP contribution in [0.15, 0.2) is 30.5 Å². The van der Waals surface area contributed by atoms with Gasteiger partial charge in [-0.3, -0.25) is 4.98 Å². The summed E-state index contributed by atoms with van der Waals surface area (Å²) in [5, 5.41) is 29.2. The number of rotatable bonds is 3. The van der Waals surface area contributed by atoms with E-state index in [9.17, 15) is 10.2 Å². The second-order valence-corrected chi connectivity index (χ2v) is 4.23. The molecule has 0 saturated carbocycles. The van der Waals surface area contributed by atoms with Crippen LogP contribution in [0.2, 0.25) is 0 Å². The molecular weight excluding hydrogens is 228 g/mol. The summed E-state index contributed by atoms with van der Waals surface area (Å²) >= 11 is 0. The highest BCUT2D eigenvalue weighted by molar-refractivity contribution is 5.82. The normalized spacial score (nSPS) is 14.1. The molecule has 2 N–H and O–H groups in total. The van der Waals surface area contributed by atoms with Crippen LogP contribution < -0.4 is 0 Å². The predicted molar refractivity (Wildman–Crippen MR) is 67.7 cm³/mol. The van der Waals surface area contributed by atoms with Crippen LogP contribution in [0.25, 0.3) is 10.9 Å². The Hall–Kier alpha value is -1.96. The molecule has 0 saturated heterocycles. The van der Waals surface area contributed by atoms with Crippen molar-refractivity contribution in [2.24, 2.45) is 0 Å². The van der Waals surface area contributed by atoms with Crippen molar-refractivity contribution in [3.8, 4) is 6.07 Å². The lowest BCUT2D eigenvalue weighted by Gasteiger charge is -2.18. The fraction of sp³-hybridized carbons (Fsp3) is 0.286. The number of aromatic nitrogens is 1. The van der Waals surface area contributed by atoms with Crippen molar-refractivity contribution in [1.29, 1.82) is 5.26 Å². The van der Waals surface area contributed by atoms with Gasteiger partial charge < -0.3 is 10.2 Å². The Morgan fingerprint density at radius 1 is 1.33 bits per heavy atom. The zero-order valence-electron chi connectivity index (χ0n) is 10.0. The van der Waals surface area contributed by atoms with Crippen molar-refractivity contribution < 1.29 is 10.2 Å². The van der Waals surface area contributed by atoms with E-state index in [1.54, 1.807) is 12.3 Å². The van der Waals surface area contributed by atoms with E-state index < -0.39 is 12.2 Å². The largest absolute Gasteiger partial charge is 0.389 e. The molecule has 0 radical (unpaired) electrons. The van der Waals surface area contributed by atoms with Gasteiger partial charge in [0.05, 0.1) is 24.1 Å². The van der Waals surface area contributed by atoms with Gasteiger partial charge in [-0.05, 0) is 24.1 Å². The Kier molecular flexibility index (Phi) is 3.56. The SMILES string of the molecule is Cc1c(C(O)C(O)CC#N)ccc2cccnc12. The maximum absolute atomic E-state index is 10.0. The molecule has 2 atom stereocenters. The number of aliphatic hydroxyl groups excluding tert-OH is 2. The third-order valence-corrected chi connectivity index (χ3v) is 3.05. The lowest BCUT2D eigenvalue weighted by atomic mass is 9.96. The van der Waals surface area contributed by atoms with Crippen molar-refractivity contribution in [1.82, 2.24) is 4.98 Å². The number of pyridine rings is 1. The first kappa shape index (κ1) is 12.5. The first-order valence-corrected chi connectivity index (χ1v) is 5.72. The van der Waals surface area contributed by atoms with Crippen molar-refractivity contribution in [2.75, 3.05) is 0 Å². The Bertz CT molecular complexity index is 604. The number of hydrogen-bond acceptors (Lipinski definition) is 4. The van der Waals surface area contributed by atoms with Gasteiger partial charge >= 0.3 is 0 Å². The van der Waals surface area contributed by atoms with Crippen LogP contribution in [0.3, 0.4) is 0 Å². The highest BCUT2D eigenvalue weighted by atomic mass is 16.3. The Morgan fingerprint density at radius 3 is 2.83 bits per heavy atom. The quantitative estimate of drug-likeness (QED) is 0.861. The fourth-order valence-electron chi connectivity index (χ4n) is 2.04. The molecule has 0 aliphatic heterocycles. The highest BCUT2D eigenvalue weighted by Crippen LogP contribution is 2.27. The Labute approximate surface area is 105 Å². The van der Waals surface area contributed by atoms with Crippen LogP contribution >= 0.6 is 0 Å². The number of benzene rings is 1. The van der Waals surface area contributed by atoms with E-state index in [2.05, 4.69) is 4.98 Å². The van der Waals surface area contributed by atoms with Crippen molar-refractivity contribution in [2.45, 2.75) is 25.6 Å². The average Bonchev–Trinajstić information content (AvgIpc) is 2.39. The molecule has 2 aromatic rings. The van der Waals surface area contributed by atoms with Gasteiger partial charge in [-0.2, -0.15) is 5.26 Å². The molecule has 0 amide bonds. The van der Waals surface area contributed by atoms with Crippen LogP contribution in [-0.2, 0) is 0 Å². The molecule has 2 unspecified atom stereocenters. The van der Waals surface area contributed by atoms with Gasteiger partial charge in [0, 0.05) is 11.6 Å². The predicted octanol–water partition coefficient (Wildman–Crippen LogP) is 1.85. The molecule has 2 rings (SSSR count). The molecule has 4 heteroatoms. The van der Waals surface area contributed by atoms with E-state index in [4.69, 9.17) is 5.26 Å². The molecule has 92 valence electrons. The second kappa shape index (κ2) is 5.13. The van der Waals surface area contributed by atoms with Gasteiger partial charge in [-0.15, -0.1) is 0 Å². The van der Waals surface area contributed by atoms with Gasteiger partial charge in [0.1, 0.15) is 6.10 Å². The molecule has 18 heavy (non-hydrogen) atoms. The van der Waals surface area contributed by atoms with Crippen LogP contribution in [0.4, 0.5) is 0 Å². The zero-order valence-corrected chi connectivity index (χ0v) is 10.0. The van der Waals surface area contributed by atoms with E-state index in [1.165, 1.54) is 0 Å². The molecule has 1 aromatic heterocycles. The molecule has 0 spiro atoms. The topological polar surface area (TPSA) is 77.1 Å². The van der Waals surface area contributed by atoms with Crippen LogP contribution in [0.5, 0.6) is 0 Å². The second-order valence-electron chi connectivity index (χ2n) is 4.23. The minimum Gasteiger partial charge on any atom is -0.389 e. The number of nitriles is 1. The third kappa shape index (κ3) is 2.19. The molecule has 0 bridgehead atoms. The summed E-state index contributed by atoms with van der Waals surface area (Å²) in [5.74, 6) is 0. The Balaban J connectivity index is 2.46. The van der Waals surface area contributed by atoms with Crippen molar-refractivity contribution >= 4 is 10.9 Å². The summed E-state index contributed by atoms with van der Waals surface area (Å²) in [6.45, 7) is 1.85. The lowest BCUT2D eigenvalue weighted by molar-refractivity contribution is 0.0213. The number of aliphatic hydroxyl groups is 2. The van der Waals surface area contributed by atoms with Crippen LogP contribution in [0.1, 0.15) is 23.7 Å².